The Morgan fingerprint density at radius 3 is 3.00 bits per heavy atom. The zero-order valence-electron chi connectivity index (χ0n) is 13.0. The Bertz CT molecular complexity index is 461. The quantitative estimate of drug-likeness (QED) is 0.572. The molecule has 0 saturated carbocycles. The number of methoxy groups -OCH3 is 1. The lowest BCUT2D eigenvalue weighted by Crippen LogP contribution is -2.35. The second kappa shape index (κ2) is 8.03. The van der Waals surface area contributed by atoms with Crippen LogP contribution in [0.2, 0.25) is 0 Å². The Morgan fingerprint density at radius 1 is 1.43 bits per heavy atom. The van der Waals surface area contributed by atoms with E-state index in [9.17, 15) is 4.79 Å². The van der Waals surface area contributed by atoms with E-state index in [0.29, 0.717) is 23.7 Å². The highest BCUT2D eigenvalue weighted by atomic mass is 16.5. The van der Waals surface area contributed by atoms with Crippen molar-refractivity contribution in [2.24, 2.45) is 5.92 Å². The average molecular weight is 291 g/mol. The first-order valence-corrected chi connectivity index (χ1v) is 7.72. The second-order valence-electron chi connectivity index (χ2n) is 5.75. The first-order chi connectivity index (χ1) is 10.2. The molecule has 1 atom stereocenters. The third-order valence-corrected chi connectivity index (χ3v) is 3.96. The largest absolute Gasteiger partial charge is 0.493 e. The number of carbonyl (C=O) groups excluding carboxylic acids is 1. The van der Waals surface area contributed by atoms with Crippen LogP contribution in [-0.4, -0.2) is 44.5 Å². The van der Waals surface area contributed by atoms with E-state index in [1.165, 1.54) is 25.9 Å². The zero-order chi connectivity index (χ0) is 15.1. The Hall–Kier alpha value is -1.55. The molecule has 1 aliphatic heterocycles. The Morgan fingerprint density at radius 2 is 2.29 bits per heavy atom. The number of nitrogens with zero attached hydrogens (tertiary/aromatic N) is 1. The summed E-state index contributed by atoms with van der Waals surface area (Å²) in [6, 6.07) is 5.36. The molecule has 1 fully saturated rings. The van der Waals surface area contributed by atoms with Crippen LogP contribution in [0.3, 0.4) is 0 Å². The van der Waals surface area contributed by atoms with E-state index >= 15 is 0 Å². The number of likely N-dealkylation sites (tertiary alicyclic amines) is 1. The van der Waals surface area contributed by atoms with Crippen molar-refractivity contribution in [3.8, 4) is 11.5 Å². The number of para-hydroxylation sites is 1. The maximum absolute atomic E-state index is 11.1. The summed E-state index contributed by atoms with van der Waals surface area (Å²) in [7, 11) is 1.59. The molecule has 0 bridgehead atoms. The molecule has 2 rings (SSSR count). The van der Waals surface area contributed by atoms with Gasteiger partial charge in [0.2, 0.25) is 0 Å². The van der Waals surface area contributed by atoms with Crippen LogP contribution in [0, 0.1) is 5.92 Å². The third kappa shape index (κ3) is 4.46. The number of hydrogen-bond donors (Lipinski definition) is 0. The van der Waals surface area contributed by atoms with Gasteiger partial charge in [0.25, 0.3) is 0 Å². The van der Waals surface area contributed by atoms with E-state index in [0.717, 1.165) is 25.2 Å². The lowest BCUT2D eigenvalue weighted by Gasteiger charge is -2.30. The third-order valence-electron chi connectivity index (χ3n) is 3.96. The number of piperidine rings is 1. The predicted octanol–water partition coefficient (Wildman–Crippen LogP) is 3.01. The standard InChI is InChI=1S/C17H25NO3/c1-14-6-4-9-18(12-14)10-5-11-21-17-15(13-19)7-3-8-16(17)20-2/h3,7-8,13-14H,4-6,9-12H2,1-2H3/t14-/m1/s1. The van der Waals surface area contributed by atoms with E-state index in [2.05, 4.69) is 11.8 Å². The van der Waals surface area contributed by atoms with Crippen molar-refractivity contribution in [3.05, 3.63) is 23.8 Å². The van der Waals surface area contributed by atoms with Gasteiger partial charge in [-0.1, -0.05) is 13.0 Å². The summed E-state index contributed by atoms with van der Waals surface area (Å²) in [6.07, 6.45) is 4.41. The van der Waals surface area contributed by atoms with Crippen molar-refractivity contribution in [2.45, 2.75) is 26.2 Å². The van der Waals surface area contributed by atoms with E-state index in [1.807, 2.05) is 6.07 Å². The molecule has 1 heterocycles. The molecule has 0 aliphatic carbocycles. The van der Waals surface area contributed by atoms with Gasteiger partial charge in [0.05, 0.1) is 19.3 Å². The first kappa shape index (κ1) is 15.8. The van der Waals surface area contributed by atoms with Crippen molar-refractivity contribution < 1.29 is 14.3 Å². The van der Waals surface area contributed by atoms with Gasteiger partial charge in [0.1, 0.15) is 0 Å². The number of hydrogen-bond acceptors (Lipinski definition) is 4. The van der Waals surface area contributed by atoms with E-state index in [1.54, 1.807) is 19.2 Å². The lowest BCUT2D eigenvalue weighted by molar-refractivity contribution is 0.111. The van der Waals surface area contributed by atoms with Gasteiger partial charge in [-0.3, -0.25) is 4.79 Å². The Kier molecular flexibility index (Phi) is 6.05. The monoisotopic (exact) mass is 291 g/mol. The summed E-state index contributed by atoms with van der Waals surface area (Å²) in [6.45, 7) is 6.35. The molecule has 0 N–H and O–H groups in total. The van der Waals surface area contributed by atoms with Crippen LogP contribution >= 0.6 is 0 Å². The van der Waals surface area contributed by atoms with Gasteiger partial charge in [0, 0.05) is 13.1 Å². The summed E-state index contributed by atoms with van der Waals surface area (Å²) in [4.78, 5) is 13.6. The molecule has 1 aromatic carbocycles. The number of carbonyl (C=O) groups is 1. The number of rotatable bonds is 7. The van der Waals surface area contributed by atoms with Crippen LogP contribution < -0.4 is 9.47 Å². The number of ether oxygens (including phenoxy) is 2. The minimum Gasteiger partial charge on any atom is -0.493 e. The zero-order valence-corrected chi connectivity index (χ0v) is 13.0. The highest BCUT2D eigenvalue weighted by Crippen LogP contribution is 2.30. The molecule has 4 nitrogen and oxygen atoms in total. The molecule has 1 saturated heterocycles. The van der Waals surface area contributed by atoms with Crippen molar-refractivity contribution in [2.75, 3.05) is 33.4 Å². The van der Waals surface area contributed by atoms with E-state index in [4.69, 9.17) is 9.47 Å². The minimum atomic E-state index is 0.543. The fraction of sp³-hybridized carbons (Fsp3) is 0.588. The van der Waals surface area contributed by atoms with Crippen LogP contribution in [0.1, 0.15) is 36.5 Å². The molecule has 4 heteroatoms. The van der Waals surface area contributed by atoms with Gasteiger partial charge in [-0.05, 0) is 43.9 Å². The van der Waals surface area contributed by atoms with Gasteiger partial charge >= 0.3 is 0 Å². The normalized spacial score (nSPS) is 19.2. The molecule has 0 aromatic heterocycles. The number of aldehydes is 1. The topological polar surface area (TPSA) is 38.8 Å². The molecule has 0 radical (unpaired) electrons. The molecular formula is C17H25NO3. The van der Waals surface area contributed by atoms with Gasteiger partial charge in [0.15, 0.2) is 17.8 Å². The average Bonchev–Trinajstić information content (AvgIpc) is 2.51. The van der Waals surface area contributed by atoms with Crippen LogP contribution in [0.5, 0.6) is 11.5 Å². The summed E-state index contributed by atoms with van der Waals surface area (Å²) in [5.41, 5.74) is 0.543. The molecule has 0 unspecified atom stereocenters. The molecule has 0 spiro atoms. The SMILES string of the molecule is COc1cccc(C=O)c1OCCCN1CCC[C@@H](C)C1. The van der Waals surface area contributed by atoms with Gasteiger partial charge in [-0.25, -0.2) is 0 Å². The predicted molar refractivity (Wildman–Crippen MR) is 83.3 cm³/mol. The smallest absolute Gasteiger partial charge is 0.171 e. The highest BCUT2D eigenvalue weighted by molar-refractivity contribution is 5.81. The Balaban J connectivity index is 1.82. The summed E-state index contributed by atoms with van der Waals surface area (Å²) >= 11 is 0. The maximum atomic E-state index is 11.1. The van der Waals surface area contributed by atoms with Gasteiger partial charge in [-0.15, -0.1) is 0 Å². The molecule has 1 aliphatic rings. The minimum absolute atomic E-state index is 0.543. The number of benzene rings is 1. The second-order valence-corrected chi connectivity index (χ2v) is 5.75. The van der Waals surface area contributed by atoms with Crippen molar-refractivity contribution >= 4 is 6.29 Å². The van der Waals surface area contributed by atoms with Crippen LogP contribution in [-0.2, 0) is 0 Å². The summed E-state index contributed by atoms with van der Waals surface area (Å²) in [5, 5.41) is 0. The lowest BCUT2D eigenvalue weighted by atomic mass is 10.0. The van der Waals surface area contributed by atoms with Crippen molar-refractivity contribution in [3.63, 3.8) is 0 Å². The molecule has 116 valence electrons. The maximum Gasteiger partial charge on any atom is 0.171 e. The Labute approximate surface area is 127 Å². The first-order valence-electron chi connectivity index (χ1n) is 7.72. The fourth-order valence-electron chi connectivity index (χ4n) is 2.89. The van der Waals surface area contributed by atoms with E-state index < -0.39 is 0 Å². The van der Waals surface area contributed by atoms with Crippen LogP contribution in [0.25, 0.3) is 0 Å². The summed E-state index contributed by atoms with van der Waals surface area (Å²) in [5.74, 6) is 1.98. The van der Waals surface area contributed by atoms with E-state index in [-0.39, 0.29) is 0 Å². The fourth-order valence-corrected chi connectivity index (χ4v) is 2.89. The molecule has 0 amide bonds. The van der Waals surface area contributed by atoms with Crippen LogP contribution in [0.15, 0.2) is 18.2 Å². The highest BCUT2D eigenvalue weighted by Gasteiger charge is 2.16. The molecule has 21 heavy (non-hydrogen) atoms. The van der Waals surface area contributed by atoms with Gasteiger partial charge < -0.3 is 14.4 Å². The van der Waals surface area contributed by atoms with Crippen molar-refractivity contribution in [1.29, 1.82) is 0 Å². The van der Waals surface area contributed by atoms with Crippen molar-refractivity contribution in [1.82, 2.24) is 4.90 Å². The summed E-state index contributed by atoms with van der Waals surface area (Å²) < 4.78 is 11.0. The molecule has 1 aromatic rings. The van der Waals surface area contributed by atoms with Gasteiger partial charge in [-0.2, -0.15) is 0 Å². The molecular weight excluding hydrogens is 266 g/mol. The van der Waals surface area contributed by atoms with Crippen LogP contribution in [0.4, 0.5) is 0 Å².